The molecule has 7 heteroatoms. The van der Waals surface area contributed by atoms with Crippen molar-refractivity contribution in [1.82, 2.24) is 10.6 Å². The quantitative estimate of drug-likeness (QED) is 0.386. The van der Waals surface area contributed by atoms with Crippen molar-refractivity contribution in [2.45, 2.75) is 70.8 Å². The van der Waals surface area contributed by atoms with Gasteiger partial charge in [-0.05, 0) is 36.7 Å². The fourth-order valence-electron chi connectivity index (χ4n) is 3.33. The largest absolute Gasteiger partial charge is 0.413 e. The third-order valence-corrected chi connectivity index (χ3v) is 10.7. The molecule has 1 heterocycles. The van der Waals surface area contributed by atoms with Crippen LogP contribution in [0.3, 0.4) is 0 Å². The van der Waals surface area contributed by atoms with Crippen molar-refractivity contribution in [3.05, 3.63) is 35.4 Å². The van der Waals surface area contributed by atoms with Gasteiger partial charge in [0.1, 0.15) is 0 Å². The van der Waals surface area contributed by atoms with Crippen molar-refractivity contribution >= 4 is 25.9 Å². The number of rotatable bonds is 8. The van der Waals surface area contributed by atoms with Crippen LogP contribution in [0.5, 0.6) is 0 Å². The van der Waals surface area contributed by atoms with Crippen LogP contribution in [-0.2, 0) is 20.4 Å². The highest BCUT2D eigenvalue weighted by Crippen LogP contribution is 2.39. The predicted octanol–water partition coefficient (Wildman–Crippen LogP) is 3.07. The number of carbonyl (C=O) groups is 3. The molecule has 0 spiro atoms. The van der Waals surface area contributed by atoms with Crippen LogP contribution >= 0.6 is 0 Å². The molecule has 0 saturated carbocycles. The smallest absolute Gasteiger partial charge is 0.228 e. The zero-order chi connectivity index (χ0) is 22.0. The zero-order valence-electron chi connectivity index (χ0n) is 18.6. The van der Waals surface area contributed by atoms with Crippen LogP contribution < -0.4 is 10.6 Å². The van der Waals surface area contributed by atoms with Gasteiger partial charge in [-0.1, -0.05) is 39.0 Å². The van der Waals surface area contributed by atoms with Crippen molar-refractivity contribution < 1.29 is 18.8 Å². The van der Waals surface area contributed by atoms with E-state index in [4.69, 9.17) is 4.43 Å². The van der Waals surface area contributed by atoms with E-state index >= 15 is 0 Å². The molecule has 1 aromatic carbocycles. The molecule has 1 fully saturated rings. The molecule has 29 heavy (non-hydrogen) atoms. The number of Topliss-reactive ketones (excluding diaryl/α,β-unsaturated/α-hetero) is 1. The maximum atomic E-state index is 12.8. The molecule has 0 aliphatic carbocycles. The van der Waals surface area contributed by atoms with Gasteiger partial charge in [-0.25, -0.2) is 0 Å². The van der Waals surface area contributed by atoms with Crippen LogP contribution in [0, 0.1) is 5.92 Å². The Hall–Kier alpha value is -1.99. The van der Waals surface area contributed by atoms with E-state index in [1.807, 2.05) is 13.0 Å². The van der Waals surface area contributed by atoms with Crippen LogP contribution in [0.1, 0.15) is 50.0 Å². The summed E-state index contributed by atoms with van der Waals surface area (Å²) in [6, 6.07) is 6.89. The molecule has 6 nitrogen and oxygen atoms in total. The average molecular weight is 419 g/mol. The summed E-state index contributed by atoms with van der Waals surface area (Å²) in [6.07, 6.45) is 0.227. The number of ketones is 1. The fraction of sp³-hybridized carbons (Fsp3) is 0.591. The molecule has 160 valence electrons. The van der Waals surface area contributed by atoms with Crippen LogP contribution in [0.2, 0.25) is 18.1 Å². The molecule has 1 aliphatic rings. The SMILES string of the molecule is CNC(=O)Cc1cccc(C(=O)C[C@H]2NC(=O)[C@@H]2[C@@H](C)O[Si](C)(C)C(C)(C)C)c1. The number of carbonyl (C=O) groups excluding carboxylic acids is 3. The van der Waals surface area contributed by atoms with Gasteiger partial charge in [0, 0.05) is 19.0 Å². The summed E-state index contributed by atoms with van der Waals surface area (Å²) in [6.45, 7) is 12.8. The fourth-order valence-corrected chi connectivity index (χ4v) is 4.76. The highest BCUT2D eigenvalue weighted by atomic mass is 28.4. The lowest BCUT2D eigenvalue weighted by molar-refractivity contribution is -0.139. The first-order valence-corrected chi connectivity index (χ1v) is 13.1. The topological polar surface area (TPSA) is 84.5 Å². The molecule has 2 N–H and O–H groups in total. The van der Waals surface area contributed by atoms with Gasteiger partial charge in [-0.15, -0.1) is 0 Å². The van der Waals surface area contributed by atoms with Gasteiger partial charge in [0.2, 0.25) is 11.8 Å². The van der Waals surface area contributed by atoms with Crippen molar-refractivity contribution in [1.29, 1.82) is 0 Å². The van der Waals surface area contributed by atoms with Gasteiger partial charge in [0.25, 0.3) is 0 Å². The molecule has 0 bridgehead atoms. The normalized spacial score (nSPS) is 20.4. The minimum absolute atomic E-state index is 0.0433. The molecule has 0 radical (unpaired) electrons. The summed E-state index contributed by atoms with van der Waals surface area (Å²) >= 11 is 0. The monoisotopic (exact) mass is 418 g/mol. The first-order valence-electron chi connectivity index (χ1n) is 10.2. The number of benzene rings is 1. The molecule has 1 aromatic rings. The van der Waals surface area contributed by atoms with E-state index in [9.17, 15) is 14.4 Å². The van der Waals surface area contributed by atoms with E-state index in [1.54, 1.807) is 25.2 Å². The molecule has 0 aromatic heterocycles. The number of β-lactam (4-membered cyclic amide) rings is 1. The first kappa shape index (κ1) is 23.3. The lowest BCUT2D eigenvalue weighted by Crippen LogP contribution is -2.64. The molecular weight excluding hydrogens is 384 g/mol. The summed E-state index contributed by atoms with van der Waals surface area (Å²) < 4.78 is 6.39. The number of nitrogens with one attached hydrogen (secondary N) is 2. The molecule has 3 atom stereocenters. The lowest BCUT2D eigenvalue weighted by atomic mass is 9.82. The second-order valence-corrected chi connectivity index (χ2v) is 14.2. The summed E-state index contributed by atoms with van der Waals surface area (Å²) in [4.78, 5) is 36.6. The molecular formula is C22H34N2O4Si. The third-order valence-electron chi connectivity index (χ3n) is 6.15. The summed E-state index contributed by atoms with van der Waals surface area (Å²) in [5.74, 6) is -0.514. The summed E-state index contributed by atoms with van der Waals surface area (Å²) in [5, 5.41) is 5.50. The summed E-state index contributed by atoms with van der Waals surface area (Å²) in [7, 11) is -0.419. The Labute approximate surface area is 174 Å². The van der Waals surface area contributed by atoms with Gasteiger partial charge < -0.3 is 15.1 Å². The van der Waals surface area contributed by atoms with Crippen LogP contribution in [0.25, 0.3) is 0 Å². The lowest BCUT2D eigenvalue weighted by Gasteiger charge is -2.45. The molecule has 2 amide bonds. The molecule has 1 aliphatic heterocycles. The van der Waals surface area contributed by atoms with Crippen molar-refractivity contribution in [3.8, 4) is 0 Å². The molecule has 2 rings (SSSR count). The maximum Gasteiger partial charge on any atom is 0.228 e. The van der Waals surface area contributed by atoms with Crippen LogP contribution in [0.15, 0.2) is 24.3 Å². The van der Waals surface area contributed by atoms with Crippen LogP contribution in [0.4, 0.5) is 0 Å². The Balaban J connectivity index is 2.04. The van der Waals surface area contributed by atoms with Gasteiger partial charge >= 0.3 is 0 Å². The number of hydrogen-bond donors (Lipinski definition) is 2. The Morgan fingerprint density at radius 1 is 1.28 bits per heavy atom. The number of likely N-dealkylation sites (N-methyl/N-ethyl adjacent to an activating group) is 1. The third kappa shape index (κ3) is 5.54. The van der Waals surface area contributed by atoms with Gasteiger partial charge in [-0.3, -0.25) is 14.4 Å². The highest BCUT2D eigenvalue weighted by molar-refractivity contribution is 6.74. The average Bonchev–Trinajstić information content (AvgIpc) is 2.59. The van der Waals surface area contributed by atoms with E-state index < -0.39 is 8.32 Å². The van der Waals surface area contributed by atoms with Crippen LogP contribution in [-0.4, -0.2) is 45.1 Å². The van der Waals surface area contributed by atoms with E-state index in [0.29, 0.717) is 5.56 Å². The zero-order valence-corrected chi connectivity index (χ0v) is 19.6. The van der Waals surface area contributed by atoms with E-state index in [0.717, 1.165) is 5.56 Å². The minimum atomic E-state index is -2.01. The second kappa shape index (κ2) is 8.79. The van der Waals surface area contributed by atoms with Gasteiger partial charge in [0.15, 0.2) is 14.1 Å². The van der Waals surface area contributed by atoms with E-state index in [1.165, 1.54) is 0 Å². The number of hydrogen-bond acceptors (Lipinski definition) is 4. The Morgan fingerprint density at radius 3 is 2.48 bits per heavy atom. The second-order valence-electron chi connectivity index (χ2n) is 9.40. The Bertz CT molecular complexity index is 785. The molecule has 1 saturated heterocycles. The summed E-state index contributed by atoms with van der Waals surface area (Å²) in [5.41, 5.74) is 1.35. The van der Waals surface area contributed by atoms with Gasteiger partial charge in [0.05, 0.1) is 24.5 Å². The first-order chi connectivity index (χ1) is 13.4. The van der Waals surface area contributed by atoms with Crippen molar-refractivity contribution in [3.63, 3.8) is 0 Å². The Morgan fingerprint density at radius 2 is 1.93 bits per heavy atom. The van der Waals surface area contributed by atoms with Crippen molar-refractivity contribution in [2.24, 2.45) is 5.92 Å². The Kier molecular flexibility index (Phi) is 7.06. The van der Waals surface area contributed by atoms with Crippen molar-refractivity contribution in [2.75, 3.05) is 7.05 Å². The van der Waals surface area contributed by atoms with E-state index in [2.05, 4.69) is 44.5 Å². The maximum absolute atomic E-state index is 12.8. The number of amides is 2. The van der Waals surface area contributed by atoms with E-state index in [-0.39, 0.29) is 53.5 Å². The van der Waals surface area contributed by atoms with Gasteiger partial charge in [-0.2, -0.15) is 0 Å². The standard InChI is InChI=1S/C22H34N2O4Si/c1-14(28-29(6,7)22(2,3)4)20-17(24-21(20)27)13-18(25)16-10-8-9-15(11-16)12-19(26)23-5/h8-11,14,17,20H,12-13H2,1-7H3,(H,23,26)(H,24,27)/t14-,17-,20-/m1/s1. The predicted molar refractivity (Wildman–Crippen MR) is 116 cm³/mol. The molecule has 0 unspecified atom stereocenters. The minimum Gasteiger partial charge on any atom is -0.413 e. The highest BCUT2D eigenvalue weighted by Gasteiger charge is 2.47.